The van der Waals surface area contributed by atoms with Crippen LogP contribution in [-0.2, 0) is 10.2 Å². The van der Waals surface area contributed by atoms with E-state index >= 15 is 0 Å². The molecule has 2 aromatic rings. The number of nitrogens with zero attached hydrogens (tertiary/aromatic N) is 3. The van der Waals surface area contributed by atoms with Crippen molar-refractivity contribution in [2.45, 2.75) is 51.9 Å². The number of hydrogen-bond donors (Lipinski definition) is 0. The first-order chi connectivity index (χ1) is 13.6. The number of rotatable bonds is 2. The van der Waals surface area contributed by atoms with Gasteiger partial charge in [-0.2, -0.15) is 5.10 Å². The average Bonchev–Trinajstić information content (AvgIpc) is 3.00. The molecule has 1 aromatic carbocycles. The maximum absolute atomic E-state index is 14.3. The summed E-state index contributed by atoms with van der Waals surface area (Å²) < 4.78 is 28.6. The first-order valence-corrected chi connectivity index (χ1v) is 10.2. The van der Waals surface area contributed by atoms with Crippen LogP contribution in [0.25, 0.3) is 11.3 Å². The second-order valence-electron chi connectivity index (χ2n) is 10.2. The molecule has 2 aliphatic carbocycles. The van der Waals surface area contributed by atoms with E-state index in [1.165, 1.54) is 18.2 Å². The fraction of sp³-hybridized carbons (Fsp3) is 0.522. The van der Waals surface area contributed by atoms with Gasteiger partial charge in [0.15, 0.2) is 0 Å². The highest BCUT2D eigenvalue weighted by Gasteiger charge is 2.68. The Morgan fingerprint density at radius 1 is 1.10 bits per heavy atom. The van der Waals surface area contributed by atoms with E-state index in [1.54, 1.807) is 6.07 Å². The van der Waals surface area contributed by atoms with E-state index in [1.807, 2.05) is 4.90 Å². The van der Waals surface area contributed by atoms with Gasteiger partial charge in [0, 0.05) is 13.1 Å². The molecule has 0 radical (unpaired) electrons. The second kappa shape index (κ2) is 5.61. The zero-order valence-electron chi connectivity index (χ0n) is 17.2. The summed E-state index contributed by atoms with van der Waals surface area (Å²) in [6.07, 6.45) is 1.61. The molecule has 2 unspecified atom stereocenters. The summed E-state index contributed by atoms with van der Waals surface area (Å²) in [7, 11) is 0. The number of benzene rings is 1. The Morgan fingerprint density at radius 2 is 1.76 bits per heavy atom. The topological polar surface area (TPSA) is 46.1 Å². The van der Waals surface area contributed by atoms with Crippen LogP contribution in [0.3, 0.4) is 0 Å². The van der Waals surface area contributed by atoms with Gasteiger partial charge in [0.2, 0.25) is 5.91 Å². The SMILES string of the molecule is CC1(C)CN(C(=O)C23CCC(c4cc(-c5c(F)cccc5F)nnc42)C3(C)C)C1. The van der Waals surface area contributed by atoms with E-state index in [0.29, 0.717) is 5.69 Å². The monoisotopic (exact) mass is 397 g/mol. The predicted molar refractivity (Wildman–Crippen MR) is 105 cm³/mol. The van der Waals surface area contributed by atoms with Crippen LogP contribution in [0.15, 0.2) is 24.3 Å². The Morgan fingerprint density at radius 3 is 2.38 bits per heavy atom. The van der Waals surface area contributed by atoms with Crippen LogP contribution in [-0.4, -0.2) is 34.1 Å². The number of aromatic nitrogens is 2. The number of likely N-dealkylation sites (tertiary alicyclic amines) is 1. The molecule has 1 amide bonds. The molecule has 29 heavy (non-hydrogen) atoms. The lowest BCUT2D eigenvalue weighted by Gasteiger charge is -2.50. The van der Waals surface area contributed by atoms with E-state index < -0.39 is 17.0 Å². The van der Waals surface area contributed by atoms with Crippen molar-refractivity contribution in [3.05, 3.63) is 47.2 Å². The van der Waals surface area contributed by atoms with Crippen molar-refractivity contribution in [1.29, 1.82) is 0 Å². The van der Waals surface area contributed by atoms with E-state index in [4.69, 9.17) is 0 Å². The fourth-order valence-corrected chi connectivity index (χ4v) is 6.06. The van der Waals surface area contributed by atoms with Crippen LogP contribution in [0.2, 0.25) is 0 Å². The van der Waals surface area contributed by atoms with Gasteiger partial charge in [-0.05, 0) is 53.4 Å². The van der Waals surface area contributed by atoms with Crippen LogP contribution in [0.1, 0.15) is 57.7 Å². The summed E-state index contributed by atoms with van der Waals surface area (Å²) in [6.45, 7) is 10.1. The lowest BCUT2D eigenvalue weighted by atomic mass is 9.66. The number of amides is 1. The van der Waals surface area contributed by atoms with Crippen molar-refractivity contribution in [2.75, 3.05) is 13.1 Å². The largest absolute Gasteiger partial charge is 0.341 e. The molecule has 3 aliphatic rings. The summed E-state index contributed by atoms with van der Waals surface area (Å²) in [5, 5.41) is 8.62. The lowest BCUT2D eigenvalue weighted by Crippen LogP contribution is -2.62. The molecular weight excluding hydrogens is 372 g/mol. The maximum Gasteiger partial charge on any atom is 0.235 e. The smallest absolute Gasteiger partial charge is 0.235 e. The molecule has 0 N–H and O–H groups in total. The molecule has 2 atom stereocenters. The molecule has 152 valence electrons. The predicted octanol–water partition coefficient (Wildman–Crippen LogP) is 4.45. The highest BCUT2D eigenvalue weighted by atomic mass is 19.1. The standard InChI is InChI=1S/C23H25F2N3O/c1-21(2)11-28(12-21)20(29)23-9-8-14(22(23,3)4)13-10-17(26-27-19(13)23)18-15(24)6-5-7-16(18)25/h5-7,10,14H,8-9,11-12H2,1-4H3. The molecule has 1 saturated carbocycles. The van der Waals surface area contributed by atoms with Crippen molar-refractivity contribution in [3.8, 4) is 11.3 Å². The highest BCUT2D eigenvalue weighted by Crippen LogP contribution is 2.68. The summed E-state index contributed by atoms with van der Waals surface area (Å²) in [5.41, 5.74) is 0.781. The van der Waals surface area contributed by atoms with Gasteiger partial charge in [-0.1, -0.05) is 33.8 Å². The summed E-state index contributed by atoms with van der Waals surface area (Å²) in [5.74, 6) is -1.06. The van der Waals surface area contributed by atoms with Crippen LogP contribution >= 0.6 is 0 Å². The van der Waals surface area contributed by atoms with E-state index in [-0.39, 0.29) is 33.9 Å². The van der Waals surface area contributed by atoms with Gasteiger partial charge in [-0.15, -0.1) is 5.10 Å². The van der Waals surface area contributed by atoms with Gasteiger partial charge >= 0.3 is 0 Å². The van der Waals surface area contributed by atoms with E-state index in [9.17, 15) is 13.6 Å². The molecule has 4 nitrogen and oxygen atoms in total. The zero-order valence-corrected chi connectivity index (χ0v) is 17.2. The maximum atomic E-state index is 14.3. The molecule has 1 saturated heterocycles. The number of hydrogen-bond acceptors (Lipinski definition) is 3. The van der Waals surface area contributed by atoms with Crippen molar-refractivity contribution >= 4 is 5.91 Å². The van der Waals surface area contributed by atoms with E-state index in [0.717, 1.165) is 31.5 Å². The third-order valence-corrected chi connectivity index (χ3v) is 7.49. The summed E-state index contributed by atoms with van der Waals surface area (Å²) in [6, 6.07) is 5.53. The van der Waals surface area contributed by atoms with Crippen molar-refractivity contribution < 1.29 is 13.6 Å². The molecule has 2 fully saturated rings. The number of fused-ring (bicyclic) bond motifs is 5. The first-order valence-electron chi connectivity index (χ1n) is 10.2. The average molecular weight is 397 g/mol. The second-order valence-corrected chi connectivity index (χ2v) is 10.2. The normalized spacial score (nSPS) is 28.2. The molecule has 1 aromatic heterocycles. The minimum absolute atomic E-state index is 0.125. The third kappa shape index (κ3) is 2.26. The van der Waals surface area contributed by atoms with Gasteiger partial charge in [-0.25, -0.2) is 8.78 Å². The molecule has 0 spiro atoms. The van der Waals surface area contributed by atoms with Crippen molar-refractivity contribution in [3.63, 3.8) is 0 Å². The molecule has 2 heterocycles. The Hall–Kier alpha value is -2.37. The minimum atomic E-state index is -0.706. The first kappa shape index (κ1) is 18.6. The fourth-order valence-electron chi connectivity index (χ4n) is 6.06. The zero-order chi connectivity index (χ0) is 20.8. The van der Waals surface area contributed by atoms with E-state index in [2.05, 4.69) is 37.9 Å². The van der Waals surface area contributed by atoms with Gasteiger partial charge in [0.05, 0.1) is 22.4 Å². The number of halogens is 2. The van der Waals surface area contributed by atoms with Crippen LogP contribution in [0.4, 0.5) is 8.78 Å². The van der Waals surface area contributed by atoms with Crippen molar-refractivity contribution in [1.82, 2.24) is 15.1 Å². The third-order valence-electron chi connectivity index (χ3n) is 7.49. The van der Waals surface area contributed by atoms with Crippen LogP contribution in [0.5, 0.6) is 0 Å². The van der Waals surface area contributed by atoms with Crippen molar-refractivity contribution in [2.24, 2.45) is 10.8 Å². The Kier molecular flexibility index (Phi) is 3.61. The van der Waals surface area contributed by atoms with Gasteiger partial charge in [0.25, 0.3) is 0 Å². The highest BCUT2D eigenvalue weighted by molar-refractivity contribution is 5.92. The Bertz CT molecular complexity index is 1020. The minimum Gasteiger partial charge on any atom is -0.341 e. The van der Waals surface area contributed by atoms with Gasteiger partial charge in [-0.3, -0.25) is 4.79 Å². The molecule has 6 heteroatoms. The molecular formula is C23H25F2N3O. The number of carbonyl (C=O) groups is 1. The lowest BCUT2D eigenvalue weighted by molar-refractivity contribution is -0.151. The van der Waals surface area contributed by atoms with Crippen LogP contribution in [0, 0.1) is 22.5 Å². The molecule has 1 aliphatic heterocycles. The summed E-state index contributed by atoms with van der Waals surface area (Å²) >= 11 is 0. The number of carbonyl (C=O) groups excluding carboxylic acids is 1. The molecule has 2 bridgehead atoms. The molecule has 5 rings (SSSR count). The van der Waals surface area contributed by atoms with Crippen LogP contribution < -0.4 is 0 Å². The quantitative estimate of drug-likeness (QED) is 0.752. The summed E-state index contributed by atoms with van der Waals surface area (Å²) in [4.78, 5) is 15.6. The van der Waals surface area contributed by atoms with Gasteiger partial charge in [0.1, 0.15) is 11.6 Å². The van der Waals surface area contributed by atoms with Gasteiger partial charge < -0.3 is 4.90 Å². The Balaban J connectivity index is 1.62. The Labute approximate surface area is 169 Å².